The van der Waals surface area contributed by atoms with Crippen molar-refractivity contribution in [3.63, 3.8) is 0 Å². The predicted molar refractivity (Wildman–Crippen MR) is 252 cm³/mol. The lowest BCUT2D eigenvalue weighted by molar-refractivity contribution is -0.167. The number of esters is 3. The largest absolute Gasteiger partial charge is 0.462 e. The second-order valence-corrected chi connectivity index (χ2v) is 18.2. The van der Waals surface area contributed by atoms with Crippen LogP contribution in [0.5, 0.6) is 0 Å². The van der Waals surface area contributed by atoms with Crippen LogP contribution in [0.15, 0.2) is 0 Å². The summed E-state index contributed by atoms with van der Waals surface area (Å²) < 4.78 is 16.8. The van der Waals surface area contributed by atoms with Crippen molar-refractivity contribution < 1.29 is 28.6 Å². The molecule has 0 heterocycles. The number of hydrogen-bond acceptors (Lipinski definition) is 6. The Morgan fingerprint density at radius 1 is 0.271 bits per heavy atom. The van der Waals surface area contributed by atoms with Gasteiger partial charge in [0.1, 0.15) is 13.2 Å². The molecule has 0 rings (SSSR count). The summed E-state index contributed by atoms with van der Waals surface area (Å²) in [5.41, 5.74) is 0. The summed E-state index contributed by atoms with van der Waals surface area (Å²) in [5, 5.41) is 0. The van der Waals surface area contributed by atoms with Crippen molar-refractivity contribution in [2.24, 2.45) is 0 Å². The van der Waals surface area contributed by atoms with Gasteiger partial charge in [-0.15, -0.1) is 0 Å². The summed E-state index contributed by atoms with van der Waals surface area (Å²) in [6.45, 7) is 6.68. The standard InChI is InChI=1S/C53H102O6/c1-4-7-10-13-16-19-22-25-26-27-29-32-35-38-41-44-47-53(56)59-50(48-57-51(54)45-42-39-36-33-30-24-21-18-15-12-9-6-3)49-58-52(55)46-43-40-37-34-31-28-23-20-17-14-11-8-5-2/h50H,4-49H2,1-3H3/t50-/m0/s1. The van der Waals surface area contributed by atoms with Gasteiger partial charge in [0.15, 0.2) is 6.10 Å². The van der Waals surface area contributed by atoms with E-state index in [1.807, 2.05) is 0 Å². The van der Waals surface area contributed by atoms with Crippen LogP contribution in [0.2, 0.25) is 0 Å². The molecule has 0 saturated carbocycles. The predicted octanol–water partition coefficient (Wildman–Crippen LogP) is 17.2. The van der Waals surface area contributed by atoms with E-state index < -0.39 is 6.10 Å². The summed E-state index contributed by atoms with van der Waals surface area (Å²) in [7, 11) is 0. The number of ether oxygens (including phenoxy) is 3. The first-order valence-electron chi connectivity index (χ1n) is 26.5. The molecule has 350 valence electrons. The van der Waals surface area contributed by atoms with E-state index >= 15 is 0 Å². The normalized spacial score (nSPS) is 11.8. The van der Waals surface area contributed by atoms with Gasteiger partial charge in [0, 0.05) is 19.3 Å². The van der Waals surface area contributed by atoms with Crippen LogP contribution in [0.25, 0.3) is 0 Å². The van der Waals surface area contributed by atoms with Gasteiger partial charge in [-0.2, -0.15) is 0 Å². The molecule has 0 amide bonds. The van der Waals surface area contributed by atoms with Gasteiger partial charge < -0.3 is 14.2 Å². The summed E-state index contributed by atoms with van der Waals surface area (Å²) in [4.78, 5) is 37.9. The number of carbonyl (C=O) groups excluding carboxylic acids is 3. The zero-order valence-corrected chi connectivity index (χ0v) is 40.1. The monoisotopic (exact) mass is 835 g/mol. The molecule has 0 saturated heterocycles. The number of carbonyl (C=O) groups is 3. The van der Waals surface area contributed by atoms with E-state index in [4.69, 9.17) is 14.2 Å². The zero-order valence-electron chi connectivity index (χ0n) is 40.1. The van der Waals surface area contributed by atoms with E-state index in [1.54, 1.807) is 0 Å². The molecule has 0 unspecified atom stereocenters. The van der Waals surface area contributed by atoms with Crippen LogP contribution in [0, 0.1) is 0 Å². The zero-order chi connectivity index (χ0) is 43.0. The maximum atomic E-state index is 12.8. The molecule has 0 aliphatic carbocycles. The molecule has 59 heavy (non-hydrogen) atoms. The van der Waals surface area contributed by atoms with Crippen molar-refractivity contribution in [3.8, 4) is 0 Å². The van der Waals surface area contributed by atoms with E-state index in [-0.39, 0.29) is 31.1 Å². The third kappa shape index (κ3) is 47.3. The van der Waals surface area contributed by atoms with E-state index in [0.717, 1.165) is 57.8 Å². The van der Waals surface area contributed by atoms with Gasteiger partial charge in [0.2, 0.25) is 0 Å². The van der Waals surface area contributed by atoms with Gasteiger partial charge in [-0.05, 0) is 19.3 Å². The SMILES string of the molecule is CCCCCCCCCCCCCCCCCCC(=O)O[C@@H](COC(=O)CCCCCCCCCCCCCC)COC(=O)CCCCCCCCCCCCCCC. The molecular formula is C53H102O6. The number of hydrogen-bond donors (Lipinski definition) is 0. The maximum Gasteiger partial charge on any atom is 0.306 e. The van der Waals surface area contributed by atoms with E-state index in [1.165, 1.54) is 205 Å². The van der Waals surface area contributed by atoms with Crippen molar-refractivity contribution in [1.29, 1.82) is 0 Å². The van der Waals surface area contributed by atoms with Crippen LogP contribution in [0.4, 0.5) is 0 Å². The summed E-state index contributed by atoms with van der Waals surface area (Å²) in [5.74, 6) is -0.839. The van der Waals surface area contributed by atoms with E-state index in [2.05, 4.69) is 20.8 Å². The van der Waals surface area contributed by atoms with Gasteiger partial charge >= 0.3 is 17.9 Å². The Kier molecular flexibility index (Phi) is 47.7. The number of unbranched alkanes of at least 4 members (excludes halogenated alkanes) is 38. The first-order valence-corrected chi connectivity index (χ1v) is 26.5. The van der Waals surface area contributed by atoms with Crippen molar-refractivity contribution in [3.05, 3.63) is 0 Å². The minimum Gasteiger partial charge on any atom is -0.462 e. The maximum absolute atomic E-state index is 12.8. The van der Waals surface area contributed by atoms with Crippen LogP contribution in [0.3, 0.4) is 0 Å². The average Bonchev–Trinajstić information content (AvgIpc) is 3.23. The highest BCUT2D eigenvalue weighted by Gasteiger charge is 2.19. The molecule has 0 radical (unpaired) electrons. The Morgan fingerprint density at radius 2 is 0.458 bits per heavy atom. The molecule has 0 aliphatic rings. The second kappa shape index (κ2) is 49.1. The Labute approximate surface area is 368 Å². The summed E-state index contributed by atoms with van der Waals surface area (Å²) in [6, 6.07) is 0. The van der Waals surface area contributed by atoms with Gasteiger partial charge in [-0.3, -0.25) is 14.4 Å². The van der Waals surface area contributed by atoms with Crippen molar-refractivity contribution in [1.82, 2.24) is 0 Å². The molecule has 0 spiro atoms. The fourth-order valence-electron chi connectivity index (χ4n) is 8.09. The third-order valence-electron chi connectivity index (χ3n) is 12.1. The topological polar surface area (TPSA) is 78.9 Å². The molecule has 0 aromatic carbocycles. The molecule has 6 heteroatoms. The Balaban J connectivity index is 4.30. The lowest BCUT2D eigenvalue weighted by Gasteiger charge is -2.18. The summed E-state index contributed by atoms with van der Waals surface area (Å²) >= 11 is 0. The fraction of sp³-hybridized carbons (Fsp3) is 0.943. The minimum absolute atomic E-state index is 0.0616. The Bertz CT molecular complexity index is 874. The van der Waals surface area contributed by atoms with Crippen molar-refractivity contribution >= 4 is 17.9 Å². The van der Waals surface area contributed by atoms with Gasteiger partial charge in [-0.25, -0.2) is 0 Å². The second-order valence-electron chi connectivity index (χ2n) is 18.2. The lowest BCUT2D eigenvalue weighted by atomic mass is 10.0. The Hall–Kier alpha value is -1.59. The van der Waals surface area contributed by atoms with E-state index in [0.29, 0.717) is 19.3 Å². The fourth-order valence-corrected chi connectivity index (χ4v) is 8.09. The molecule has 0 aromatic heterocycles. The molecule has 0 N–H and O–H groups in total. The molecule has 0 aromatic rings. The lowest BCUT2D eigenvalue weighted by Crippen LogP contribution is -2.30. The molecule has 1 atom stereocenters. The van der Waals surface area contributed by atoms with Crippen LogP contribution in [0.1, 0.15) is 303 Å². The number of rotatable bonds is 49. The average molecular weight is 835 g/mol. The first kappa shape index (κ1) is 57.4. The van der Waals surface area contributed by atoms with Crippen LogP contribution in [-0.2, 0) is 28.6 Å². The quantitative estimate of drug-likeness (QED) is 0.0345. The van der Waals surface area contributed by atoms with Gasteiger partial charge in [0.05, 0.1) is 0 Å². The van der Waals surface area contributed by atoms with Gasteiger partial charge in [-0.1, -0.05) is 265 Å². The third-order valence-corrected chi connectivity index (χ3v) is 12.1. The minimum atomic E-state index is -0.759. The molecule has 0 bridgehead atoms. The summed E-state index contributed by atoms with van der Waals surface area (Å²) in [6.07, 6.45) is 52.2. The molecule has 6 nitrogen and oxygen atoms in total. The molecule has 0 aliphatic heterocycles. The van der Waals surface area contributed by atoms with E-state index in [9.17, 15) is 14.4 Å². The Morgan fingerprint density at radius 3 is 0.678 bits per heavy atom. The van der Waals surface area contributed by atoms with Crippen molar-refractivity contribution in [2.45, 2.75) is 309 Å². The van der Waals surface area contributed by atoms with Crippen LogP contribution < -0.4 is 0 Å². The first-order chi connectivity index (χ1) is 29.0. The highest BCUT2D eigenvalue weighted by atomic mass is 16.6. The van der Waals surface area contributed by atoms with Gasteiger partial charge in [0.25, 0.3) is 0 Å². The van der Waals surface area contributed by atoms with Crippen LogP contribution in [-0.4, -0.2) is 37.2 Å². The molecule has 0 fully saturated rings. The highest BCUT2D eigenvalue weighted by molar-refractivity contribution is 5.71. The smallest absolute Gasteiger partial charge is 0.306 e. The van der Waals surface area contributed by atoms with Crippen molar-refractivity contribution in [2.75, 3.05) is 13.2 Å². The molecular weight excluding hydrogens is 733 g/mol. The van der Waals surface area contributed by atoms with Crippen LogP contribution >= 0.6 is 0 Å². The highest BCUT2D eigenvalue weighted by Crippen LogP contribution is 2.17.